The lowest BCUT2D eigenvalue weighted by Gasteiger charge is -2.11. The molecule has 1 heterocycles. The van der Waals surface area contributed by atoms with E-state index in [1.165, 1.54) is 12.1 Å². The number of nitro groups is 1. The van der Waals surface area contributed by atoms with Crippen molar-refractivity contribution in [3.05, 3.63) is 76.8 Å². The molecule has 1 unspecified atom stereocenters. The molecular formula is C24H24N2O5. The standard InChI is InChI=1S/C24H24N2O5/c1-17(24(27)28)7-5-6-14-31-23-16-20(18-10-12-21(13-11-18)26(29)30)15-22(25-23)19-8-3-2-4-9-19/h2-4,8-13,15-17H,5-7,14H2,1H3,(H,27,28). The van der Waals surface area contributed by atoms with Gasteiger partial charge in [-0.05, 0) is 48.6 Å². The van der Waals surface area contributed by atoms with Gasteiger partial charge in [0, 0.05) is 23.8 Å². The number of ether oxygens (including phenoxy) is 1. The molecule has 2 aromatic carbocycles. The van der Waals surface area contributed by atoms with Crippen LogP contribution in [0.2, 0.25) is 0 Å². The second kappa shape index (κ2) is 10.3. The number of pyridine rings is 1. The molecule has 0 saturated carbocycles. The Labute approximate surface area is 180 Å². The molecule has 1 atom stereocenters. The number of unbranched alkanes of at least 4 members (excludes halogenated alkanes) is 1. The van der Waals surface area contributed by atoms with Gasteiger partial charge in [-0.15, -0.1) is 0 Å². The number of hydrogen-bond donors (Lipinski definition) is 1. The lowest BCUT2D eigenvalue weighted by atomic mass is 10.0. The Balaban J connectivity index is 1.79. The summed E-state index contributed by atoms with van der Waals surface area (Å²) in [7, 11) is 0. The fourth-order valence-corrected chi connectivity index (χ4v) is 3.13. The van der Waals surface area contributed by atoms with Crippen LogP contribution >= 0.6 is 0 Å². The number of aromatic nitrogens is 1. The minimum Gasteiger partial charge on any atom is -0.481 e. The highest BCUT2D eigenvalue weighted by Gasteiger charge is 2.12. The van der Waals surface area contributed by atoms with Gasteiger partial charge in [-0.3, -0.25) is 14.9 Å². The van der Waals surface area contributed by atoms with Crippen molar-refractivity contribution in [3.63, 3.8) is 0 Å². The number of benzene rings is 2. The van der Waals surface area contributed by atoms with Crippen LogP contribution in [0.3, 0.4) is 0 Å². The van der Waals surface area contributed by atoms with Crippen LogP contribution in [0, 0.1) is 16.0 Å². The van der Waals surface area contributed by atoms with Crippen LogP contribution in [0.5, 0.6) is 5.88 Å². The first kappa shape index (κ1) is 22.0. The van der Waals surface area contributed by atoms with Crippen molar-refractivity contribution in [2.75, 3.05) is 6.61 Å². The van der Waals surface area contributed by atoms with Gasteiger partial charge in [0.05, 0.1) is 23.1 Å². The maximum absolute atomic E-state index is 10.9. The van der Waals surface area contributed by atoms with Gasteiger partial charge in [0.1, 0.15) is 0 Å². The number of hydrogen-bond acceptors (Lipinski definition) is 5. The molecule has 1 aromatic heterocycles. The van der Waals surface area contributed by atoms with Crippen molar-refractivity contribution in [2.24, 2.45) is 5.92 Å². The normalized spacial score (nSPS) is 11.6. The van der Waals surface area contributed by atoms with Gasteiger partial charge in [0.2, 0.25) is 5.88 Å². The van der Waals surface area contributed by atoms with Crippen molar-refractivity contribution in [3.8, 4) is 28.3 Å². The highest BCUT2D eigenvalue weighted by molar-refractivity contribution is 5.72. The highest BCUT2D eigenvalue weighted by atomic mass is 16.6. The molecule has 0 radical (unpaired) electrons. The Hall–Kier alpha value is -3.74. The zero-order valence-electron chi connectivity index (χ0n) is 17.2. The molecule has 1 N–H and O–H groups in total. The maximum atomic E-state index is 10.9. The number of non-ortho nitro benzene ring substituents is 1. The Morgan fingerprint density at radius 2 is 1.74 bits per heavy atom. The average molecular weight is 420 g/mol. The van der Waals surface area contributed by atoms with Gasteiger partial charge in [-0.1, -0.05) is 37.3 Å². The van der Waals surface area contributed by atoms with E-state index in [4.69, 9.17) is 9.84 Å². The molecule has 0 spiro atoms. The molecule has 7 heteroatoms. The Morgan fingerprint density at radius 1 is 1.03 bits per heavy atom. The van der Waals surface area contributed by atoms with E-state index >= 15 is 0 Å². The van der Waals surface area contributed by atoms with Crippen LogP contribution in [-0.2, 0) is 4.79 Å². The SMILES string of the molecule is CC(CCCCOc1cc(-c2ccc([N+](=O)[O-])cc2)cc(-c2ccccc2)n1)C(=O)O. The topological polar surface area (TPSA) is 103 Å². The Kier molecular flexibility index (Phi) is 7.32. The third kappa shape index (κ3) is 6.12. The minimum absolute atomic E-state index is 0.0353. The minimum atomic E-state index is -0.786. The predicted octanol–water partition coefficient (Wildman–Crippen LogP) is 5.59. The molecule has 0 saturated heterocycles. The van der Waals surface area contributed by atoms with Crippen LogP contribution < -0.4 is 4.74 Å². The van der Waals surface area contributed by atoms with E-state index in [2.05, 4.69) is 4.98 Å². The fraction of sp³-hybridized carbons (Fsp3) is 0.250. The molecule has 0 aliphatic rings. The van der Waals surface area contributed by atoms with Crippen LogP contribution in [0.4, 0.5) is 5.69 Å². The molecule has 3 rings (SSSR count). The van der Waals surface area contributed by atoms with Crippen LogP contribution in [0.25, 0.3) is 22.4 Å². The summed E-state index contributed by atoms with van der Waals surface area (Å²) >= 11 is 0. The van der Waals surface area contributed by atoms with Crippen molar-refractivity contribution >= 4 is 11.7 Å². The highest BCUT2D eigenvalue weighted by Crippen LogP contribution is 2.30. The monoisotopic (exact) mass is 420 g/mol. The summed E-state index contributed by atoms with van der Waals surface area (Å²) in [5, 5.41) is 19.9. The van der Waals surface area contributed by atoms with Crippen molar-refractivity contribution in [1.82, 2.24) is 4.98 Å². The van der Waals surface area contributed by atoms with Crippen molar-refractivity contribution in [2.45, 2.75) is 26.2 Å². The Bertz CT molecular complexity index is 1040. The molecule has 0 bridgehead atoms. The Morgan fingerprint density at radius 3 is 2.39 bits per heavy atom. The van der Waals surface area contributed by atoms with E-state index in [9.17, 15) is 14.9 Å². The van der Waals surface area contributed by atoms with Gasteiger partial charge in [-0.2, -0.15) is 0 Å². The second-order valence-electron chi connectivity index (χ2n) is 7.33. The summed E-state index contributed by atoms with van der Waals surface area (Å²) in [6.07, 6.45) is 2.08. The molecular weight excluding hydrogens is 396 g/mol. The molecule has 0 aliphatic carbocycles. The summed E-state index contributed by atoms with van der Waals surface area (Å²) in [6, 6.07) is 19.8. The van der Waals surface area contributed by atoms with Crippen LogP contribution in [0.15, 0.2) is 66.7 Å². The molecule has 0 fully saturated rings. The molecule has 160 valence electrons. The van der Waals surface area contributed by atoms with Gasteiger partial charge < -0.3 is 9.84 Å². The van der Waals surface area contributed by atoms with E-state index in [1.54, 1.807) is 19.1 Å². The zero-order chi connectivity index (χ0) is 22.2. The number of nitro benzene ring substituents is 1. The third-order valence-corrected chi connectivity index (χ3v) is 4.99. The number of rotatable bonds is 10. The van der Waals surface area contributed by atoms with Gasteiger partial charge in [-0.25, -0.2) is 4.98 Å². The number of carboxylic acid groups (broad SMARTS) is 1. The summed E-state index contributed by atoms with van der Waals surface area (Å²) in [5.74, 6) is -0.694. The first-order valence-electron chi connectivity index (χ1n) is 10.1. The molecule has 31 heavy (non-hydrogen) atoms. The summed E-state index contributed by atoms with van der Waals surface area (Å²) in [4.78, 5) is 26.0. The van der Waals surface area contributed by atoms with Gasteiger partial charge in [0.15, 0.2) is 0 Å². The van der Waals surface area contributed by atoms with E-state index in [1.807, 2.05) is 42.5 Å². The van der Waals surface area contributed by atoms with Gasteiger partial charge >= 0.3 is 5.97 Å². The number of aliphatic carboxylic acids is 1. The molecule has 0 aliphatic heterocycles. The fourth-order valence-electron chi connectivity index (χ4n) is 3.13. The largest absolute Gasteiger partial charge is 0.481 e. The smallest absolute Gasteiger partial charge is 0.306 e. The first-order chi connectivity index (χ1) is 14.9. The first-order valence-corrected chi connectivity index (χ1v) is 10.1. The predicted molar refractivity (Wildman–Crippen MR) is 118 cm³/mol. The summed E-state index contributed by atoms with van der Waals surface area (Å²) in [5.41, 5.74) is 3.38. The lowest BCUT2D eigenvalue weighted by Crippen LogP contribution is -2.09. The maximum Gasteiger partial charge on any atom is 0.306 e. The summed E-state index contributed by atoms with van der Waals surface area (Å²) in [6.45, 7) is 2.13. The van der Waals surface area contributed by atoms with E-state index in [0.29, 0.717) is 18.9 Å². The van der Waals surface area contributed by atoms with Gasteiger partial charge in [0.25, 0.3) is 5.69 Å². The second-order valence-corrected chi connectivity index (χ2v) is 7.33. The number of carbonyl (C=O) groups is 1. The third-order valence-electron chi connectivity index (χ3n) is 4.99. The van der Waals surface area contributed by atoms with Crippen molar-refractivity contribution < 1.29 is 19.6 Å². The lowest BCUT2D eigenvalue weighted by molar-refractivity contribution is -0.384. The number of carboxylic acids is 1. The van der Waals surface area contributed by atoms with E-state index in [-0.39, 0.29) is 11.6 Å². The zero-order valence-corrected chi connectivity index (χ0v) is 17.2. The quantitative estimate of drug-likeness (QED) is 0.260. The number of nitrogens with zero attached hydrogens (tertiary/aromatic N) is 2. The van der Waals surface area contributed by atoms with Crippen LogP contribution in [-0.4, -0.2) is 27.6 Å². The molecule has 3 aromatic rings. The summed E-state index contributed by atoms with van der Waals surface area (Å²) < 4.78 is 5.87. The molecule has 0 amide bonds. The average Bonchev–Trinajstić information content (AvgIpc) is 2.79. The van der Waals surface area contributed by atoms with Crippen LogP contribution in [0.1, 0.15) is 26.2 Å². The van der Waals surface area contributed by atoms with E-state index in [0.717, 1.165) is 35.2 Å². The molecule has 7 nitrogen and oxygen atoms in total. The van der Waals surface area contributed by atoms with Crippen molar-refractivity contribution in [1.29, 1.82) is 0 Å². The van der Waals surface area contributed by atoms with E-state index < -0.39 is 10.9 Å².